The number of hydrogen-bond donors (Lipinski definition) is 2. The molecular weight excluding hydrogens is 282 g/mol. The molecule has 1 amide bonds. The molecule has 0 radical (unpaired) electrons. The Hall–Kier alpha value is -1.85. The van der Waals surface area contributed by atoms with E-state index in [1.807, 2.05) is 20.2 Å². The number of para-hydroxylation sites is 1. The molecule has 3 aromatic rings. The van der Waals surface area contributed by atoms with Crippen LogP contribution in [0, 0.1) is 0 Å². The van der Waals surface area contributed by atoms with Crippen molar-refractivity contribution < 1.29 is 4.79 Å². The summed E-state index contributed by atoms with van der Waals surface area (Å²) in [6.07, 6.45) is 1.17. The Morgan fingerprint density at radius 3 is 2.81 bits per heavy atom. The lowest BCUT2D eigenvalue weighted by Crippen LogP contribution is -2.21. The highest BCUT2D eigenvalue weighted by Gasteiger charge is 2.19. The largest absolute Gasteiger partial charge is 0.370 e. The lowest BCUT2D eigenvalue weighted by Gasteiger charge is -2.22. The zero-order valence-corrected chi connectivity index (χ0v) is 13.0. The number of primary amides is 1. The lowest BCUT2D eigenvalue weighted by atomic mass is 10.1. The maximum Gasteiger partial charge on any atom is 0.217 e. The van der Waals surface area contributed by atoms with E-state index in [2.05, 4.69) is 34.1 Å². The highest BCUT2D eigenvalue weighted by molar-refractivity contribution is 7.19. The molecule has 4 nitrogen and oxygen atoms in total. The highest BCUT2D eigenvalue weighted by Crippen LogP contribution is 2.37. The van der Waals surface area contributed by atoms with Gasteiger partial charge >= 0.3 is 0 Å². The van der Waals surface area contributed by atoms with Crippen LogP contribution < -0.4 is 5.73 Å². The first-order valence-electron chi connectivity index (χ1n) is 7.01. The van der Waals surface area contributed by atoms with Gasteiger partial charge in [0, 0.05) is 33.6 Å². The van der Waals surface area contributed by atoms with Crippen LogP contribution in [0.5, 0.6) is 0 Å². The van der Waals surface area contributed by atoms with Gasteiger partial charge in [0.25, 0.3) is 0 Å². The third kappa shape index (κ3) is 2.66. The number of amides is 1. The van der Waals surface area contributed by atoms with E-state index in [4.69, 9.17) is 5.73 Å². The van der Waals surface area contributed by atoms with E-state index in [1.54, 1.807) is 11.3 Å². The molecule has 110 valence electrons. The number of H-pyrrole nitrogens is 1. The predicted molar refractivity (Wildman–Crippen MR) is 88.5 cm³/mol. The number of carbonyl (C=O) groups excluding carboxylic acids is 1. The summed E-state index contributed by atoms with van der Waals surface area (Å²) >= 11 is 1.76. The fourth-order valence-electron chi connectivity index (χ4n) is 2.75. The van der Waals surface area contributed by atoms with E-state index in [0.29, 0.717) is 6.42 Å². The van der Waals surface area contributed by atoms with Crippen molar-refractivity contribution in [1.29, 1.82) is 0 Å². The van der Waals surface area contributed by atoms with Gasteiger partial charge in [-0.1, -0.05) is 18.2 Å². The molecule has 0 aliphatic rings. The quantitative estimate of drug-likeness (QED) is 0.760. The van der Waals surface area contributed by atoms with Crippen LogP contribution in [0.4, 0.5) is 0 Å². The standard InChI is InChI=1S/C16H19N3OS/c1-19(2)13(7-8-15(17)20)14-9-11-10-5-3-4-6-12(10)18-16(11)21-14/h3-6,9,13,18H,7-8H2,1-2H3,(H2,17,20). The van der Waals surface area contributed by atoms with E-state index in [-0.39, 0.29) is 11.9 Å². The second-order valence-corrected chi connectivity index (χ2v) is 6.63. The number of rotatable bonds is 5. The molecule has 1 unspecified atom stereocenters. The number of hydrogen-bond acceptors (Lipinski definition) is 3. The second kappa shape index (κ2) is 5.50. The van der Waals surface area contributed by atoms with Crippen molar-refractivity contribution in [3.63, 3.8) is 0 Å². The predicted octanol–water partition coefficient (Wildman–Crippen LogP) is 3.25. The van der Waals surface area contributed by atoms with Crippen molar-refractivity contribution in [2.75, 3.05) is 14.1 Å². The molecule has 5 heteroatoms. The molecule has 0 aliphatic heterocycles. The average Bonchev–Trinajstić information content (AvgIpc) is 2.95. The number of carbonyl (C=O) groups is 1. The summed E-state index contributed by atoms with van der Waals surface area (Å²) in [7, 11) is 4.08. The maximum absolute atomic E-state index is 11.1. The van der Waals surface area contributed by atoms with Crippen molar-refractivity contribution in [3.8, 4) is 0 Å². The Morgan fingerprint density at radius 2 is 2.10 bits per heavy atom. The Balaban J connectivity index is 2.00. The molecule has 2 aromatic heterocycles. The van der Waals surface area contributed by atoms with Gasteiger partial charge in [0.1, 0.15) is 4.83 Å². The number of thiophene rings is 1. The maximum atomic E-state index is 11.1. The molecule has 3 rings (SSSR count). The van der Waals surface area contributed by atoms with Crippen molar-refractivity contribution in [2.45, 2.75) is 18.9 Å². The molecule has 3 N–H and O–H groups in total. The molecule has 1 atom stereocenters. The average molecular weight is 301 g/mol. The van der Waals surface area contributed by atoms with Crippen molar-refractivity contribution in [2.24, 2.45) is 5.73 Å². The van der Waals surface area contributed by atoms with Crippen LogP contribution >= 0.6 is 11.3 Å². The second-order valence-electron chi connectivity index (χ2n) is 5.55. The molecule has 0 saturated heterocycles. The molecule has 0 aliphatic carbocycles. The lowest BCUT2D eigenvalue weighted by molar-refractivity contribution is -0.118. The first-order valence-corrected chi connectivity index (χ1v) is 7.83. The van der Waals surface area contributed by atoms with Gasteiger partial charge in [-0.15, -0.1) is 11.3 Å². The molecular formula is C16H19N3OS. The minimum Gasteiger partial charge on any atom is -0.370 e. The summed E-state index contributed by atoms with van der Waals surface area (Å²) in [5.74, 6) is -0.241. The normalized spacial score (nSPS) is 13.3. The molecule has 1 aromatic carbocycles. The summed E-state index contributed by atoms with van der Waals surface area (Å²) in [5, 5.41) is 2.51. The van der Waals surface area contributed by atoms with Gasteiger partial charge in [0.05, 0.1) is 0 Å². The first-order chi connectivity index (χ1) is 10.1. The zero-order chi connectivity index (χ0) is 15.0. The van der Waals surface area contributed by atoms with Gasteiger partial charge in [-0.3, -0.25) is 4.79 Å². The molecule has 0 spiro atoms. The van der Waals surface area contributed by atoms with E-state index >= 15 is 0 Å². The van der Waals surface area contributed by atoms with Crippen LogP contribution in [-0.2, 0) is 4.79 Å². The molecule has 0 fully saturated rings. The SMILES string of the molecule is CN(C)C(CCC(N)=O)c1cc2c([nH]c3ccccc32)s1. The molecule has 21 heavy (non-hydrogen) atoms. The van der Waals surface area contributed by atoms with E-state index < -0.39 is 0 Å². The number of aromatic nitrogens is 1. The van der Waals surface area contributed by atoms with Gasteiger partial charge < -0.3 is 15.6 Å². The van der Waals surface area contributed by atoms with E-state index in [0.717, 1.165) is 6.42 Å². The number of benzene rings is 1. The van der Waals surface area contributed by atoms with Crippen LogP contribution in [0.25, 0.3) is 21.1 Å². The van der Waals surface area contributed by atoms with Crippen molar-refractivity contribution in [1.82, 2.24) is 9.88 Å². The summed E-state index contributed by atoms with van der Waals surface area (Å²) in [4.78, 5) is 19.1. The van der Waals surface area contributed by atoms with Gasteiger partial charge in [0.15, 0.2) is 0 Å². The minimum atomic E-state index is -0.241. The van der Waals surface area contributed by atoms with Gasteiger partial charge in [-0.25, -0.2) is 0 Å². The van der Waals surface area contributed by atoms with E-state index in [1.165, 1.54) is 26.0 Å². The zero-order valence-electron chi connectivity index (χ0n) is 12.2. The van der Waals surface area contributed by atoms with Crippen LogP contribution in [0.2, 0.25) is 0 Å². The highest BCUT2D eigenvalue weighted by atomic mass is 32.1. The van der Waals surface area contributed by atoms with Gasteiger partial charge in [0.2, 0.25) is 5.91 Å². The summed E-state index contributed by atoms with van der Waals surface area (Å²) in [6.45, 7) is 0. The third-order valence-electron chi connectivity index (χ3n) is 3.83. The Kier molecular flexibility index (Phi) is 3.69. The Bertz CT molecular complexity index is 787. The summed E-state index contributed by atoms with van der Waals surface area (Å²) in [5.41, 5.74) is 6.46. The van der Waals surface area contributed by atoms with Crippen LogP contribution in [0.1, 0.15) is 23.8 Å². The van der Waals surface area contributed by atoms with Crippen molar-refractivity contribution in [3.05, 3.63) is 35.2 Å². The van der Waals surface area contributed by atoms with Crippen LogP contribution in [-0.4, -0.2) is 29.9 Å². The Labute approximate surface area is 127 Å². The van der Waals surface area contributed by atoms with Crippen LogP contribution in [0.3, 0.4) is 0 Å². The molecule has 0 saturated carbocycles. The van der Waals surface area contributed by atoms with Crippen molar-refractivity contribution >= 4 is 38.4 Å². The fourth-order valence-corrected chi connectivity index (χ4v) is 4.07. The fraction of sp³-hybridized carbons (Fsp3) is 0.312. The topological polar surface area (TPSA) is 62.1 Å². The summed E-state index contributed by atoms with van der Waals surface area (Å²) < 4.78 is 0. The van der Waals surface area contributed by atoms with Crippen LogP contribution in [0.15, 0.2) is 30.3 Å². The van der Waals surface area contributed by atoms with Gasteiger partial charge in [-0.2, -0.15) is 0 Å². The Morgan fingerprint density at radius 1 is 1.33 bits per heavy atom. The molecule has 2 heterocycles. The van der Waals surface area contributed by atoms with Gasteiger partial charge in [-0.05, 0) is 32.6 Å². The number of nitrogens with one attached hydrogen (secondary N) is 1. The first kappa shape index (κ1) is 14.1. The third-order valence-corrected chi connectivity index (χ3v) is 4.98. The smallest absolute Gasteiger partial charge is 0.217 e. The van der Waals surface area contributed by atoms with E-state index in [9.17, 15) is 4.79 Å². The minimum absolute atomic E-state index is 0.224. The number of aromatic amines is 1. The number of fused-ring (bicyclic) bond motifs is 3. The molecule has 0 bridgehead atoms. The number of nitrogens with two attached hydrogens (primary N) is 1. The monoisotopic (exact) mass is 301 g/mol. The number of nitrogens with zero attached hydrogens (tertiary/aromatic N) is 1. The summed E-state index contributed by atoms with van der Waals surface area (Å²) in [6, 6.07) is 10.8.